The standard InChI is InChI=1S/C20H17N3O8/c1-11(24)22-20(15-6-4-5-7-16(15)23(27)28)31-19(21-22)14-8-9-17(29-12(2)25)18(10-14)30-13(3)26/h4-10,20H,1-3H3/t20-/m1/s1. The Morgan fingerprint density at radius 1 is 1.03 bits per heavy atom. The van der Waals surface area contributed by atoms with Crippen LogP contribution in [0.15, 0.2) is 47.6 Å². The maximum Gasteiger partial charge on any atom is 0.308 e. The highest BCUT2D eigenvalue weighted by Gasteiger charge is 2.37. The molecule has 3 rings (SSSR count). The number of carbonyl (C=O) groups excluding carboxylic acids is 3. The molecule has 1 aliphatic heterocycles. The maximum atomic E-state index is 12.1. The summed E-state index contributed by atoms with van der Waals surface area (Å²) in [5.74, 6) is -1.87. The molecular weight excluding hydrogens is 410 g/mol. The van der Waals surface area contributed by atoms with Gasteiger partial charge in [0.2, 0.25) is 18.0 Å². The average Bonchev–Trinajstić information content (AvgIpc) is 3.14. The number of amides is 1. The normalized spacial score (nSPS) is 15.0. The van der Waals surface area contributed by atoms with Gasteiger partial charge in [0, 0.05) is 32.4 Å². The van der Waals surface area contributed by atoms with Crippen molar-refractivity contribution in [3.05, 3.63) is 63.7 Å². The molecule has 0 bridgehead atoms. The summed E-state index contributed by atoms with van der Waals surface area (Å²) in [7, 11) is 0. The van der Waals surface area contributed by atoms with E-state index in [1.807, 2.05) is 0 Å². The lowest BCUT2D eigenvalue weighted by Gasteiger charge is -2.19. The molecule has 2 aromatic rings. The van der Waals surface area contributed by atoms with Crippen molar-refractivity contribution in [1.29, 1.82) is 0 Å². The van der Waals surface area contributed by atoms with E-state index >= 15 is 0 Å². The monoisotopic (exact) mass is 427 g/mol. The summed E-state index contributed by atoms with van der Waals surface area (Å²) in [5, 5.41) is 16.5. The number of hydrazone groups is 1. The number of para-hydroxylation sites is 1. The summed E-state index contributed by atoms with van der Waals surface area (Å²) in [5.41, 5.74) is 0.193. The van der Waals surface area contributed by atoms with Gasteiger partial charge in [-0.1, -0.05) is 12.1 Å². The third-order valence-electron chi connectivity index (χ3n) is 4.06. The lowest BCUT2D eigenvalue weighted by atomic mass is 10.1. The fraction of sp³-hybridized carbons (Fsp3) is 0.200. The molecule has 2 aromatic carbocycles. The predicted octanol–water partition coefficient (Wildman–Crippen LogP) is 2.68. The van der Waals surface area contributed by atoms with E-state index in [0.29, 0.717) is 5.56 Å². The number of esters is 2. The van der Waals surface area contributed by atoms with Crippen molar-refractivity contribution >= 4 is 29.4 Å². The third-order valence-corrected chi connectivity index (χ3v) is 4.06. The minimum atomic E-state index is -1.17. The van der Waals surface area contributed by atoms with Crippen LogP contribution in [0.3, 0.4) is 0 Å². The van der Waals surface area contributed by atoms with Gasteiger partial charge in [-0.15, -0.1) is 5.10 Å². The van der Waals surface area contributed by atoms with Gasteiger partial charge in [-0.25, -0.2) is 0 Å². The Hall–Kier alpha value is -4.28. The molecule has 0 N–H and O–H groups in total. The van der Waals surface area contributed by atoms with E-state index in [1.165, 1.54) is 57.2 Å². The Bertz CT molecular complexity index is 1110. The van der Waals surface area contributed by atoms with Gasteiger partial charge >= 0.3 is 11.9 Å². The van der Waals surface area contributed by atoms with Crippen molar-refractivity contribution in [2.45, 2.75) is 27.0 Å². The number of nitro benzene ring substituents is 1. The van der Waals surface area contributed by atoms with Gasteiger partial charge in [-0.05, 0) is 24.3 Å². The highest BCUT2D eigenvalue weighted by Crippen LogP contribution is 2.37. The van der Waals surface area contributed by atoms with Crippen LogP contribution < -0.4 is 9.47 Å². The van der Waals surface area contributed by atoms with Crippen molar-refractivity contribution in [2.24, 2.45) is 5.10 Å². The minimum absolute atomic E-state index is 0.00344. The molecule has 11 nitrogen and oxygen atoms in total. The summed E-state index contributed by atoms with van der Waals surface area (Å²) >= 11 is 0. The largest absolute Gasteiger partial charge is 0.445 e. The summed E-state index contributed by atoms with van der Waals surface area (Å²) in [6.07, 6.45) is -1.17. The summed E-state index contributed by atoms with van der Waals surface area (Å²) < 4.78 is 15.9. The summed E-state index contributed by atoms with van der Waals surface area (Å²) in [6, 6.07) is 10.0. The number of hydrogen-bond donors (Lipinski definition) is 0. The summed E-state index contributed by atoms with van der Waals surface area (Å²) in [6.45, 7) is 3.61. The van der Waals surface area contributed by atoms with E-state index in [9.17, 15) is 24.5 Å². The zero-order valence-electron chi connectivity index (χ0n) is 16.7. The molecule has 0 aliphatic carbocycles. The molecule has 0 aromatic heterocycles. The van der Waals surface area contributed by atoms with Gasteiger partial charge < -0.3 is 14.2 Å². The van der Waals surface area contributed by atoms with Crippen molar-refractivity contribution in [3.8, 4) is 11.5 Å². The van der Waals surface area contributed by atoms with Crippen molar-refractivity contribution in [1.82, 2.24) is 5.01 Å². The van der Waals surface area contributed by atoms with Crippen LogP contribution in [-0.4, -0.2) is 33.7 Å². The second kappa shape index (κ2) is 8.61. The molecule has 11 heteroatoms. The fourth-order valence-electron chi connectivity index (χ4n) is 2.86. The molecular formula is C20H17N3O8. The molecule has 0 radical (unpaired) electrons. The Morgan fingerprint density at radius 3 is 2.29 bits per heavy atom. The average molecular weight is 427 g/mol. The first kappa shape index (κ1) is 21.4. The lowest BCUT2D eigenvalue weighted by molar-refractivity contribution is -0.386. The molecule has 1 amide bonds. The number of ether oxygens (including phenoxy) is 3. The molecule has 0 saturated carbocycles. The van der Waals surface area contributed by atoms with Gasteiger partial charge in [0.1, 0.15) is 0 Å². The zero-order valence-corrected chi connectivity index (χ0v) is 16.7. The quantitative estimate of drug-likeness (QED) is 0.307. The minimum Gasteiger partial charge on any atom is -0.445 e. The molecule has 31 heavy (non-hydrogen) atoms. The number of benzene rings is 2. The SMILES string of the molecule is CC(=O)Oc1ccc(C2=NN(C(C)=O)[C@@H](c3ccccc3[N+](=O)[O-])O2)cc1OC(C)=O. The van der Waals surface area contributed by atoms with Crippen LogP contribution in [-0.2, 0) is 19.1 Å². The van der Waals surface area contributed by atoms with Crippen LogP contribution in [0.1, 0.15) is 38.1 Å². The molecule has 1 aliphatic rings. The highest BCUT2D eigenvalue weighted by molar-refractivity contribution is 5.97. The van der Waals surface area contributed by atoms with Crippen molar-refractivity contribution in [3.63, 3.8) is 0 Å². The number of rotatable bonds is 5. The first-order chi connectivity index (χ1) is 14.7. The van der Waals surface area contributed by atoms with Gasteiger partial charge in [-0.2, -0.15) is 5.01 Å². The van der Waals surface area contributed by atoms with E-state index in [2.05, 4.69) is 5.10 Å². The molecule has 0 spiro atoms. The van der Waals surface area contributed by atoms with Crippen molar-refractivity contribution < 1.29 is 33.5 Å². The van der Waals surface area contributed by atoms with Gasteiger partial charge in [0.05, 0.1) is 10.5 Å². The number of hydrogen-bond acceptors (Lipinski definition) is 9. The van der Waals surface area contributed by atoms with Crippen LogP contribution >= 0.6 is 0 Å². The van der Waals surface area contributed by atoms with E-state index in [1.54, 1.807) is 6.07 Å². The predicted molar refractivity (Wildman–Crippen MR) is 105 cm³/mol. The molecule has 0 saturated heterocycles. The van der Waals surface area contributed by atoms with E-state index in [0.717, 1.165) is 5.01 Å². The molecule has 1 atom stereocenters. The molecule has 1 heterocycles. The Labute approximate surface area is 176 Å². The zero-order chi connectivity index (χ0) is 22.7. The van der Waals surface area contributed by atoms with Crippen LogP contribution in [0.25, 0.3) is 0 Å². The van der Waals surface area contributed by atoms with Crippen LogP contribution in [0.5, 0.6) is 11.5 Å². The van der Waals surface area contributed by atoms with Crippen LogP contribution in [0.4, 0.5) is 5.69 Å². The fourth-order valence-corrected chi connectivity index (χ4v) is 2.86. The molecule has 0 unspecified atom stereocenters. The van der Waals surface area contributed by atoms with E-state index in [4.69, 9.17) is 14.2 Å². The maximum absolute atomic E-state index is 12.1. The first-order valence-electron chi connectivity index (χ1n) is 8.97. The topological polar surface area (TPSA) is 138 Å². The Balaban J connectivity index is 2.01. The third kappa shape index (κ3) is 4.66. The molecule has 0 fully saturated rings. The van der Waals surface area contributed by atoms with Crippen LogP contribution in [0.2, 0.25) is 0 Å². The molecule has 160 valence electrons. The number of nitrogens with zero attached hydrogens (tertiary/aromatic N) is 3. The summed E-state index contributed by atoms with van der Waals surface area (Å²) in [4.78, 5) is 45.6. The van der Waals surface area contributed by atoms with E-state index < -0.39 is 29.0 Å². The van der Waals surface area contributed by atoms with Crippen molar-refractivity contribution in [2.75, 3.05) is 0 Å². The lowest BCUT2D eigenvalue weighted by Crippen LogP contribution is -2.25. The smallest absolute Gasteiger partial charge is 0.308 e. The van der Waals surface area contributed by atoms with Gasteiger partial charge in [0.25, 0.3) is 5.69 Å². The second-order valence-corrected chi connectivity index (χ2v) is 6.40. The van der Waals surface area contributed by atoms with Crippen LogP contribution in [0, 0.1) is 10.1 Å². The Morgan fingerprint density at radius 2 is 1.68 bits per heavy atom. The van der Waals surface area contributed by atoms with Gasteiger partial charge in [0.15, 0.2) is 11.5 Å². The Kier molecular flexibility index (Phi) is 5.95. The van der Waals surface area contributed by atoms with Gasteiger partial charge in [-0.3, -0.25) is 24.5 Å². The number of carbonyl (C=O) groups is 3. The highest BCUT2D eigenvalue weighted by atomic mass is 16.6. The van der Waals surface area contributed by atoms with E-state index in [-0.39, 0.29) is 28.6 Å². The number of nitro groups is 1. The first-order valence-corrected chi connectivity index (χ1v) is 8.97. The second-order valence-electron chi connectivity index (χ2n) is 6.40.